The fourth-order valence-electron chi connectivity index (χ4n) is 8.69. The minimum atomic E-state index is -0.0728. The summed E-state index contributed by atoms with van der Waals surface area (Å²) in [5, 5.41) is 3.33. The van der Waals surface area contributed by atoms with Gasteiger partial charge in [-0.15, -0.1) is 0 Å². The summed E-state index contributed by atoms with van der Waals surface area (Å²) in [5.41, 5.74) is 1.49. The lowest BCUT2D eigenvalue weighted by molar-refractivity contribution is -0.140. The fraction of sp³-hybridized carbons (Fsp3) is 0.733. The predicted octanol–water partition coefficient (Wildman–Crippen LogP) is 6.42. The van der Waals surface area contributed by atoms with Gasteiger partial charge in [0.2, 0.25) is 5.91 Å². The van der Waals surface area contributed by atoms with Crippen LogP contribution in [-0.2, 0) is 15.0 Å². The van der Waals surface area contributed by atoms with Crippen molar-refractivity contribution in [2.45, 2.75) is 104 Å². The van der Waals surface area contributed by atoms with Crippen LogP contribution in [-0.4, -0.2) is 17.9 Å². The van der Waals surface area contributed by atoms with Crippen LogP contribution in [0.1, 0.15) is 98.0 Å². The average Bonchev–Trinajstić information content (AvgIpc) is 3.10. The van der Waals surface area contributed by atoms with Gasteiger partial charge in [-0.1, -0.05) is 52.8 Å². The molecule has 5 rings (SSSR count). The van der Waals surface area contributed by atoms with Crippen LogP contribution in [0.4, 0.5) is 0 Å². The zero-order chi connectivity index (χ0) is 24.3. The molecular weight excluding hydrogens is 422 g/mol. The van der Waals surface area contributed by atoms with E-state index in [2.05, 4.69) is 46.0 Å². The van der Waals surface area contributed by atoms with E-state index in [1.54, 1.807) is 0 Å². The normalized spacial score (nSPS) is 39.4. The molecule has 1 aromatic carbocycles. The van der Waals surface area contributed by atoms with Crippen LogP contribution >= 0.6 is 0 Å². The molecule has 0 spiro atoms. The van der Waals surface area contributed by atoms with Crippen molar-refractivity contribution >= 4 is 11.9 Å². The van der Waals surface area contributed by atoms with Crippen LogP contribution in [0.5, 0.6) is 5.75 Å². The number of para-hydroxylation sites is 1. The molecule has 4 aliphatic rings. The maximum Gasteiger partial charge on any atom is 0.311 e. The zero-order valence-electron chi connectivity index (χ0n) is 21.8. The molecule has 3 aliphatic carbocycles. The molecule has 0 aromatic heterocycles. The van der Waals surface area contributed by atoms with Gasteiger partial charge in [-0.05, 0) is 90.9 Å². The maximum atomic E-state index is 13.2. The highest BCUT2D eigenvalue weighted by Crippen LogP contribution is 2.66. The molecule has 1 amide bonds. The van der Waals surface area contributed by atoms with E-state index in [1.165, 1.54) is 25.7 Å². The van der Waals surface area contributed by atoms with E-state index in [1.807, 2.05) is 18.2 Å². The Labute approximate surface area is 205 Å². The van der Waals surface area contributed by atoms with Crippen molar-refractivity contribution in [1.82, 2.24) is 5.32 Å². The maximum absolute atomic E-state index is 13.2. The third-order valence-corrected chi connectivity index (χ3v) is 10.6. The molecule has 4 fully saturated rings. The predicted molar refractivity (Wildman–Crippen MR) is 134 cm³/mol. The van der Waals surface area contributed by atoms with Crippen molar-refractivity contribution in [2.75, 3.05) is 0 Å². The van der Waals surface area contributed by atoms with E-state index in [0.29, 0.717) is 42.4 Å². The summed E-state index contributed by atoms with van der Waals surface area (Å²) in [6.07, 6.45) is 9.40. The number of hydrogen-bond donors (Lipinski definition) is 1. The largest absolute Gasteiger partial charge is 0.426 e. The van der Waals surface area contributed by atoms with E-state index >= 15 is 0 Å². The topological polar surface area (TPSA) is 55.4 Å². The summed E-state index contributed by atoms with van der Waals surface area (Å²) in [4.78, 5) is 25.2. The van der Waals surface area contributed by atoms with E-state index in [0.717, 1.165) is 30.7 Å². The number of nitrogens with one attached hydrogen (secondary N) is 1. The van der Waals surface area contributed by atoms with Crippen LogP contribution in [0.25, 0.3) is 0 Å². The van der Waals surface area contributed by atoms with E-state index in [4.69, 9.17) is 4.74 Å². The first kappa shape index (κ1) is 23.9. The standard InChI is InChI=1S/C30H43NO3/c1-28(2,3)23-8-6-7-9-24(23)34-27(33)18-19-10-12-21-20-11-13-25-30(5,17-15-26(32)31-25)22(20)14-16-29(19,21)4/h6-9,19-22,25H,10-18H2,1-5H3,(H,31,32)/t19-,20+,21+,22+,25?,29-,30-/m1/s1. The van der Waals surface area contributed by atoms with Crippen molar-refractivity contribution in [3.63, 3.8) is 0 Å². The number of amides is 1. The molecule has 0 bridgehead atoms. The van der Waals surface area contributed by atoms with Crippen LogP contribution in [0.2, 0.25) is 0 Å². The van der Waals surface area contributed by atoms with Crippen LogP contribution in [0.3, 0.4) is 0 Å². The van der Waals surface area contributed by atoms with Crippen molar-refractivity contribution in [2.24, 2.45) is 34.5 Å². The zero-order valence-corrected chi connectivity index (χ0v) is 21.8. The Bertz CT molecular complexity index is 964. The summed E-state index contributed by atoms with van der Waals surface area (Å²) < 4.78 is 5.98. The molecule has 1 saturated heterocycles. The number of hydrogen-bond acceptors (Lipinski definition) is 3. The summed E-state index contributed by atoms with van der Waals surface area (Å²) in [6, 6.07) is 8.34. The first-order valence-electron chi connectivity index (χ1n) is 13.6. The van der Waals surface area contributed by atoms with Crippen molar-refractivity contribution in [3.8, 4) is 5.75 Å². The van der Waals surface area contributed by atoms with Gasteiger partial charge in [0.05, 0.1) is 0 Å². The van der Waals surface area contributed by atoms with Gasteiger partial charge in [0.25, 0.3) is 0 Å². The third-order valence-electron chi connectivity index (χ3n) is 10.6. The SMILES string of the molecule is CC(C)(C)c1ccccc1OC(=O)C[C@H]1CC[C@H]2[C@@H]3CCC4NC(=O)CC[C@]4(C)[C@H]3CC[C@]12C. The Morgan fingerprint density at radius 1 is 1.00 bits per heavy atom. The number of carbonyl (C=O) groups excluding carboxylic acids is 2. The smallest absolute Gasteiger partial charge is 0.311 e. The highest BCUT2D eigenvalue weighted by Gasteiger charge is 2.60. The van der Waals surface area contributed by atoms with Crippen LogP contribution < -0.4 is 10.1 Å². The second-order valence-corrected chi connectivity index (χ2v) is 13.3. The molecule has 7 atom stereocenters. The van der Waals surface area contributed by atoms with Crippen molar-refractivity contribution < 1.29 is 14.3 Å². The number of rotatable bonds is 3. The highest BCUT2D eigenvalue weighted by atomic mass is 16.5. The number of fused-ring (bicyclic) bond motifs is 5. The van der Waals surface area contributed by atoms with Gasteiger partial charge in [-0.25, -0.2) is 0 Å². The van der Waals surface area contributed by atoms with Crippen LogP contribution in [0.15, 0.2) is 24.3 Å². The monoisotopic (exact) mass is 465 g/mol. The van der Waals surface area contributed by atoms with E-state index in [-0.39, 0.29) is 28.1 Å². The molecule has 4 heteroatoms. The average molecular weight is 466 g/mol. The summed E-state index contributed by atoms with van der Waals surface area (Å²) in [5.74, 6) is 3.43. The Hall–Kier alpha value is -1.84. The van der Waals surface area contributed by atoms with Gasteiger partial charge in [-0.2, -0.15) is 0 Å². The van der Waals surface area contributed by atoms with Gasteiger partial charge in [0, 0.05) is 24.4 Å². The fourth-order valence-corrected chi connectivity index (χ4v) is 8.69. The molecular formula is C30H43NO3. The molecule has 34 heavy (non-hydrogen) atoms. The van der Waals surface area contributed by atoms with Crippen molar-refractivity contribution in [1.29, 1.82) is 0 Å². The minimum absolute atomic E-state index is 0.0623. The van der Waals surface area contributed by atoms with Crippen LogP contribution in [0, 0.1) is 34.5 Å². The summed E-state index contributed by atoms with van der Waals surface area (Å²) >= 11 is 0. The number of piperidine rings is 1. The first-order valence-corrected chi connectivity index (χ1v) is 13.6. The van der Waals surface area contributed by atoms with Gasteiger partial charge < -0.3 is 10.1 Å². The quantitative estimate of drug-likeness (QED) is 0.414. The number of carbonyl (C=O) groups is 2. The second kappa shape index (κ2) is 8.38. The summed E-state index contributed by atoms with van der Waals surface area (Å²) in [7, 11) is 0. The molecule has 1 aromatic rings. The molecule has 0 radical (unpaired) electrons. The van der Waals surface area contributed by atoms with E-state index in [9.17, 15) is 9.59 Å². The lowest BCUT2D eigenvalue weighted by Gasteiger charge is -2.60. The Morgan fingerprint density at radius 2 is 1.74 bits per heavy atom. The molecule has 186 valence electrons. The number of esters is 1. The molecule has 1 heterocycles. The van der Waals surface area contributed by atoms with Crippen molar-refractivity contribution in [3.05, 3.63) is 29.8 Å². The second-order valence-electron chi connectivity index (χ2n) is 13.3. The Balaban J connectivity index is 1.29. The molecule has 1 unspecified atom stereocenters. The highest BCUT2D eigenvalue weighted by molar-refractivity contribution is 5.77. The van der Waals surface area contributed by atoms with Gasteiger partial charge in [0.15, 0.2) is 0 Å². The number of benzene rings is 1. The molecule has 1 aliphatic heterocycles. The Morgan fingerprint density at radius 3 is 2.50 bits per heavy atom. The van der Waals surface area contributed by atoms with Gasteiger partial charge in [-0.3, -0.25) is 9.59 Å². The molecule has 4 nitrogen and oxygen atoms in total. The number of ether oxygens (including phenoxy) is 1. The molecule has 3 saturated carbocycles. The van der Waals surface area contributed by atoms with Gasteiger partial charge >= 0.3 is 5.97 Å². The molecule has 1 N–H and O–H groups in total. The minimum Gasteiger partial charge on any atom is -0.426 e. The third kappa shape index (κ3) is 3.89. The van der Waals surface area contributed by atoms with Gasteiger partial charge in [0.1, 0.15) is 5.75 Å². The van der Waals surface area contributed by atoms with E-state index < -0.39 is 0 Å². The Kier molecular flexibility index (Phi) is 5.89. The lowest BCUT2D eigenvalue weighted by Crippen LogP contribution is -2.61. The summed E-state index contributed by atoms with van der Waals surface area (Å²) in [6.45, 7) is 11.4. The lowest BCUT2D eigenvalue weighted by atomic mass is 9.47. The first-order chi connectivity index (χ1) is 16.0.